The summed E-state index contributed by atoms with van der Waals surface area (Å²) in [6.07, 6.45) is 1.82. The van der Waals surface area contributed by atoms with E-state index in [1.165, 1.54) is 6.26 Å². The van der Waals surface area contributed by atoms with E-state index in [1.54, 1.807) is 7.05 Å². The van der Waals surface area contributed by atoms with Crippen LogP contribution >= 0.6 is 0 Å². The number of carbonyl (C=O) groups is 1. The van der Waals surface area contributed by atoms with E-state index >= 15 is 0 Å². The van der Waals surface area contributed by atoms with Gasteiger partial charge in [0.2, 0.25) is 0 Å². The van der Waals surface area contributed by atoms with Crippen LogP contribution in [0.25, 0.3) is 0 Å². The highest BCUT2D eigenvalue weighted by atomic mass is 16.5. The summed E-state index contributed by atoms with van der Waals surface area (Å²) in [5.41, 5.74) is 0.843. The highest BCUT2D eigenvalue weighted by Crippen LogP contribution is 2.06. The summed E-state index contributed by atoms with van der Waals surface area (Å²) < 4.78 is 4.49. The van der Waals surface area contributed by atoms with Gasteiger partial charge in [0.1, 0.15) is 6.26 Å². The van der Waals surface area contributed by atoms with Gasteiger partial charge in [-0.1, -0.05) is 0 Å². The second-order valence-corrected chi connectivity index (χ2v) is 1.56. The molecule has 0 unspecified atom stereocenters. The van der Waals surface area contributed by atoms with Crippen molar-refractivity contribution in [3.63, 3.8) is 0 Å². The van der Waals surface area contributed by atoms with Crippen LogP contribution in [0.3, 0.4) is 0 Å². The second kappa shape index (κ2) is 1.86. The van der Waals surface area contributed by atoms with Gasteiger partial charge in [-0.15, -0.1) is 0 Å². The van der Waals surface area contributed by atoms with Crippen LogP contribution in [0, 0.1) is 0 Å². The van der Waals surface area contributed by atoms with Gasteiger partial charge in [-0.2, -0.15) is 0 Å². The van der Waals surface area contributed by atoms with Crippen LogP contribution < -0.4 is 5.32 Å². The molecule has 0 saturated heterocycles. The monoisotopic (exact) mass is 113 g/mol. The van der Waals surface area contributed by atoms with E-state index in [-0.39, 0.29) is 5.97 Å². The fraction of sp³-hybridized carbons (Fsp3) is 0.400. The Bertz CT molecular complexity index is 139. The number of carbonyl (C=O) groups excluding carboxylic acids is 1. The predicted octanol–water partition coefficient (Wildman–Crippen LogP) is -0.00590. The molecular formula is C5H7NO2. The Hall–Kier alpha value is -0.990. The van der Waals surface area contributed by atoms with E-state index in [2.05, 4.69) is 10.1 Å². The minimum atomic E-state index is -0.186. The molecular weight excluding hydrogens is 106 g/mol. The first-order chi connectivity index (χ1) is 3.83. The molecule has 0 saturated carbocycles. The third-order valence-corrected chi connectivity index (χ3v) is 0.989. The maximum absolute atomic E-state index is 10.3. The zero-order valence-electron chi connectivity index (χ0n) is 4.60. The van der Waals surface area contributed by atoms with Gasteiger partial charge in [0.05, 0.1) is 12.1 Å². The third-order valence-electron chi connectivity index (χ3n) is 0.989. The van der Waals surface area contributed by atoms with Crippen LogP contribution in [0.1, 0.15) is 6.42 Å². The summed E-state index contributed by atoms with van der Waals surface area (Å²) in [5.74, 6) is -0.186. The van der Waals surface area contributed by atoms with Gasteiger partial charge in [0, 0.05) is 7.05 Å². The van der Waals surface area contributed by atoms with Crippen LogP contribution in [0.4, 0.5) is 0 Å². The fourth-order valence-electron chi connectivity index (χ4n) is 0.523. The Morgan fingerprint density at radius 3 is 2.88 bits per heavy atom. The zero-order valence-corrected chi connectivity index (χ0v) is 4.60. The van der Waals surface area contributed by atoms with Gasteiger partial charge in [-0.3, -0.25) is 4.79 Å². The molecule has 0 aromatic rings. The van der Waals surface area contributed by atoms with Crippen molar-refractivity contribution in [3.8, 4) is 0 Å². The smallest absolute Gasteiger partial charge is 0.316 e. The molecule has 1 aliphatic rings. The third kappa shape index (κ3) is 0.804. The Morgan fingerprint density at radius 2 is 2.62 bits per heavy atom. The first-order valence-corrected chi connectivity index (χ1v) is 2.39. The number of ether oxygens (including phenoxy) is 1. The van der Waals surface area contributed by atoms with Gasteiger partial charge in [0.15, 0.2) is 0 Å². The highest BCUT2D eigenvalue weighted by Gasteiger charge is 2.11. The summed E-state index contributed by atoms with van der Waals surface area (Å²) >= 11 is 0. The van der Waals surface area contributed by atoms with Crippen molar-refractivity contribution < 1.29 is 9.53 Å². The quantitative estimate of drug-likeness (QED) is 0.486. The first-order valence-electron chi connectivity index (χ1n) is 2.39. The lowest BCUT2D eigenvalue weighted by Gasteiger charge is -1.89. The fourth-order valence-corrected chi connectivity index (χ4v) is 0.523. The van der Waals surface area contributed by atoms with Crippen molar-refractivity contribution in [2.75, 3.05) is 7.05 Å². The average Bonchev–Trinajstić information content (AvgIpc) is 2.14. The normalized spacial score (nSPS) is 17.6. The number of nitrogens with one attached hydrogen (secondary N) is 1. The van der Waals surface area contributed by atoms with E-state index in [1.807, 2.05) is 0 Å². The van der Waals surface area contributed by atoms with Gasteiger partial charge in [-0.05, 0) is 0 Å². The molecule has 1 aliphatic heterocycles. The summed E-state index contributed by atoms with van der Waals surface area (Å²) in [6.45, 7) is 0. The molecule has 0 aromatic heterocycles. The lowest BCUT2D eigenvalue weighted by atomic mass is 10.4. The molecule has 0 bridgehead atoms. The number of hydrogen-bond acceptors (Lipinski definition) is 3. The van der Waals surface area contributed by atoms with E-state index in [0.717, 1.165) is 5.70 Å². The Balaban J connectivity index is 2.49. The van der Waals surface area contributed by atoms with E-state index in [4.69, 9.17) is 0 Å². The number of cyclic esters (lactones) is 1. The molecule has 0 atom stereocenters. The standard InChI is InChI=1S/C5H7NO2/c1-6-4-2-5(7)8-3-4/h3,6H,2H2,1H3. The van der Waals surface area contributed by atoms with Crippen LogP contribution in [0.5, 0.6) is 0 Å². The maximum atomic E-state index is 10.3. The zero-order chi connectivity index (χ0) is 5.98. The molecule has 0 spiro atoms. The molecule has 8 heavy (non-hydrogen) atoms. The molecule has 1 rings (SSSR count). The lowest BCUT2D eigenvalue weighted by Crippen LogP contribution is -2.04. The largest absolute Gasteiger partial charge is 0.432 e. The molecule has 0 fully saturated rings. The predicted molar refractivity (Wildman–Crippen MR) is 27.9 cm³/mol. The first kappa shape index (κ1) is 5.15. The van der Waals surface area contributed by atoms with E-state index < -0.39 is 0 Å². The molecule has 0 radical (unpaired) electrons. The minimum Gasteiger partial charge on any atom is -0.432 e. The lowest BCUT2D eigenvalue weighted by molar-refractivity contribution is -0.135. The maximum Gasteiger partial charge on any atom is 0.316 e. The molecule has 0 aliphatic carbocycles. The van der Waals surface area contributed by atoms with Gasteiger partial charge >= 0.3 is 5.97 Å². The highest BCUT2D eigenvalue weighted by molar-refractivity contribution is 5.75. The van der Waals surface area contributed by atoms with Gasteiger partial charge in [-0.25, -0.2) is 0 Å². The van der Waals surface area contributed by atoms with Gasteiger partial charge in [0.25, 0.3) is 0 Å². The van der Waals surface area contributed by atoms with Crippen molar-refractivity contribution in [1.82, 2.24) is 5.32 Å². The molecule has 0 aromatic carbocycles. The summed E-state index contributed by atoms with van der Waals surface area (Å²) in [7, 11) is 1.76. The molecule has 3 nitrogen and oxygen atoms in total. The Labute approximate surface area is 47.3 Å². The van der Waals surface area contributed by atoms with Crippen LogP contribution in [0.2, 0.25) is 0 Å². The number of esters is 1. The summed E-state index contributed by atoms with van der Waals surface area (Å²) in [6, 6.07) is 0. The average molecular weight is 113 g/mol. The minimum absolute atomic E-state index is 0.186. The van der Waals surface area contributed by atoms with E-state index in [9.17, 15) is 4.79 Å². The molecule has 1 N–H and O–H groups in total. The second-order valence-electron chi connectivity index (χ2n) is 1.56. The molecule has 1 heterocycles. The van der Waals surface area contributed by atoms with Crippen LogP contribution in [-0.4, -0.2) is 13.0 Å². The number of rotatable bonds is 1. The molecule has 3 heteroatoms. The topological polar surface area (TPSA) is 38.3 Å². The van der Waals surface area contributed by atoms with Crippen LogP contribution in [-0.2, 0) is 9.53 Å². The van der Waals surface area contributed by atoms with E-state index in [0.29, 0.717) is 6.42 Å². The Kier molecular flexibility index (Phi) is 1.20. The Morgan fingerprint density at radius 1 is 1.88 bits per heavy atom. The van der Waals surface area contributed by atoms with Crippen LogP contribution in [0.15, 0.2) is 12.0 Å². The van der Waals surface area contributed by atoms with Gasteiger partial charge < -0.3 is 10.1 Å². The number of hydrogen-bond donors (Lipinski definition) is 1. The van der Waals surface area contributed by atoms with Crippen molar-refractivity contribution in [2.45, 2.75) is 6.42 Å². The van der Waals surface area contributed by atoms with Crippen molar-refractivity contribution in [1.29, 1.82) is 0 Å². The van der Waals surface area contributed by atoms with Crippen molar-refractivity contribution >= 4 is 5.97 Å². The summed E-state index contributed by atoms with van der Waals surface area (Å²) in [4.78, 5) is 10.3. The SMILES string of the molecule is CNC1=COC(=O)C1. The molecule has 0 amide bonds. The van der Waals surface area contributed by atoms with Crippen molar-refractivity contribution in [3.05, 3.63) is 12.0 Å². The molecule has 44 valence electrons. The summed E-state index contributed by atoms with van der Waals surface area (Å²) in [5, 5.41) is 2.81. The van der Waals surface area contributed by atoms with Crippen molar-refractivity contribution in [2.24, 2.45) is 0 Å².